The van der Waals surface area contributed by atoms with Gasteiger partial charge in [-0.1, -0.05) is 40.2 Å². The van der Waals surface area contributed by atoms with E-state index >= 15 is 0 Å². The predicted octanol–water partition coefficient (Wildman–Crippen LogP) is 3.27. The number of methoxy groups -OCH3 is 1. The Morgan fingerprint density at radius 3 is 2.42 bits per heavy atom. The van der Waals surface area contributed by atoms with Crippen molar-refractivity contribution in [2.24, 2.45) is 29.2 Å². The van der Waals surface area contributed by atoms with Crippen LogP contribution in [0.4, 0.5) is 0 Å². The zero-order valence-corrected chi connectivity index (χ0v) is 23.1. The van der Waals surface area contributed by atoms with Crippen LogP contribution in [0.25, 0.3) is 0 Å². The van der Waals surface area contributed by atoms with Gasteiger partial charge in [-0.25, -0.2) is 0 Å². The zero-order valence-electron chi connectivity index (χ0n) is 23.1. The van der Waals surface area contributed by atoms with Gasteiger partial charge in [0, 0.05) is 45.2 Å². The van der Waals surface area contributed by atoms with Crippen molar-refractivity contribution in [1.29, 1.82) is 0 Å². The highest BCUT2D eigenvalue weighted by molar-refractivity contribution is 5.78. The molecule has 6 N–H and O–H groups in total. The Labute approximate surface area is 218 Å². The fourth-order valence-corrected chi connectivity index (χ4v) is 4.07. The molecule has 36 heavy (non-hydrogen) atoms. The number of amides is 1. The molecule has 0 aliphatic carbocycles. The maximum absolute atomic E-state index is 12.3. The molecule has 0 unspecified atom stereocenters. The molecule has 0 heterocycles. The monoisotopic (exact) mass is 509 g/mol. The first-order valence-corrected chi connectivity index (χ1v) is 13.5. The molecule has 1 aromatic carbocycles. The normalized spacial score (nSPS) is 14.8. The van der Waals surface area contributed by atoms with Crippen LogP contribution in [0.3, 0.4) is 0 Å². The minimum absolute atomic E-state index is 0.0231. The summed E-state index contributed by atoms with van der Waals surface area (Å²) in [5.41, 5.74) is 13.2. The molecule has 0 aromatic heterocycles. The van der Waals surface area contributed by atoms with Crippen molar-refractivity contribution in [2.75, 3.05) is 40.0 Å². The van der Waals surface area contributed by atoms with Crippen LogP contribution in [0.1, 0.15) is 65.4 Å². The molecule has 1 rings (SSSR count). The molecule has 0 fully saturated rings. The lowest BCUT2D eigenvalue weighted by molar-refractivity contribution is -0.125. The minimum Gasteiger partial charge on any atom is -0.490 e. The first-order chi connectivity index (χ1) is 17.2. The molecule has 1 aromatic rings. The van der Waals surface area contributed by atoms with E-state index in [2.05, 4.69) is 26.1 Å². The average Bonchev–Trinajstić information content (AvgIpc) is 2.85. The van der Waals surface area contributed by atoms with Gasteiger partial charge in [0.25, 0.3) is 0 Å². The summed E-state index contributed by atoms with van der Waals surface area (Å²) >= 11 is 0. The highest BCUT2D eigenvalue weighted by Gasteiger charge is 2.26. The van der Waals surface area contributed by atoms with Crippen molar-refractivity contribution in [3.05, 3.63) is 23.8 Å². The second-order valence-corrected chi connectivity index (χ2v) is 10.1. The van der Waals surface area contributed by atoms with Crippen LogP contribution in [0.5, 0.6) is 11.5 Å². The third kappa shape index (κ3) is 12.4. The molecule has 8 heteroatoms. The first-order valence-electron chi connectivity index (χ1n) is 13.5. The van der Waals surface area contributed by atoms with Gasteiger partial charge in [-0.3, -0.25) is 4.79 Å². The summed E-state index contributed by atoms with van der Waals surface area (Å²) < 4.78 is 16.9. The van der Waals surface area contributed by atoms with Crippen molar-refractivity contribution in [1.82, 2.24) is 5.32 Å². The Balaban J connectivity index is 2.79. The van der Waals surface area contributed by atoms with E-state index in [9.17, 15) is 9.90 Å². The highest BCUT2D eigenvalue weighted by atomic mass is 16.5. The topological polar surface area (TPSA) is 129 Å². The van der Waals surface area contributed by atoms with Crippen molar-refractivity contribution in [3.8, 4) is 11.5 Å². The predicted molar refractivity (Wildman–Crippen MR) is 145 cm³/mol. The summed E-state index contributed by atoms with van der Waals surface area (Å²) in [6.45, 7) is 11.0. The number of aliphatic hydroxyl groups is 1. The van der Waals surface area contributed by atoms with E-state index in [1.54, 1.807) is 7.11 Å². The van der Waals surface area contributed by atoms with Gasteiger partial charge in [-0.15, -0.1) is 0 Å². The molecule has 4 atom stereocenters. The molecule has 0 aliphatic rings. The summed E-state index contributed by atoms with van der Waals surface area (Å²) in [6.07, 6.45) is 3.87. The van der Waals surface area contributed by atoms with Gasteiger partial charge in [0.15, 0.2) is 11.5 Å². The van der Waals surface area contributed by atoms with Gasteiger partial charge in [0.05, 0.1) is 12.7 Å². The molecular weight excluding hydrogens is 458 g/mol. The Bertz CT molecular complexity index is 731. The number of nitrogens with one attached hydrogen (secondary N) is 1. The molecule has 0 bridgehead atoms. The minimum atomic E-state index is -0.732. The van der Waals surface area contributed by atoms with Crippen molar-refractivity contribution >= 4 is 5.91 Å². The van der Waals surface area contributed by atoms with E-state index in [1.807, 2.05) is 25.1 Å². The largest absolute Gasteiger partial charge is 0.490 e. The molecule has 0 radical (unpaired) electrons. The van der Waals surface area contributed by atoms with Crippen LogP contribution in [0, 0.1) is 17.8 Å². The van der Waals surface area contributed by atoms with E-state index in [0.29, 0.717) is 63.2 Å². The summed E-state index contributed by atoms with van der Waals surface area (Å²) in [5.74, 6) is 1.72. The van der Waals surface area contributed by atoms with E-state index in [0.717, 1.165) is 31.2 Å². The standard InChI is InChI=1S/C28H51N3O5/c1-6-7-12-31-28(33)21(4)16-25(32)24(30)19-23(20(2)3)17-22-9-10-26(36-15-11-29)27(18-22)35-14-8-13-34-5/h9-10,18,20-21,23-25,32H,6-8,11-17,19,29-30H2,1-5H3,(H,31,33)/t21-,23+,24+,25+/m1/s1. The van der Waals surface area contributed by atoms with Crippen LogP contribution in [0.15, 0.2) is 18.2 Å². The lowest BCUT2D eigenvalue weighted by Gasteiger charge is -2.28. The van der Waals surface area contributed by atoms with Crippen LogP contribution in [-0.4, -0.2) is 63.2 Å². The van der Waals surface area contributed by atoms with Crippen LogP contribution in [-0.2, 0) is 16.0 Å². The van der Waals surface area contributed by atoms with E-state index in [-0.39, 0.29) is 17.7 Å². The highest BCUT2D eigenvalue weighted by Crippen LogP contribution is 2.31. The molecular formula is C28H51N3O5. The van der Waals surface area contributed by atoms with Gasteiger partial charge in [-0.05, 0) is 55.2 Å². The number of benzene rings is 1. The van der Waals surface area contributed by atoms with Gasteiger partial charge in [0.1, 0.15) is 6.61 Å². The van der Waals surface area contributed by atoms with Gasteiger partial charge >= 0.3 is 0 Å². The van der Waals surface area contributed by atoms with Gasteiger partial charge < -0.3 is 36.1 Å². The van der Waals surface area contributed by atoms with Crippen molar-refractivity contribution in [3.63, 3.8) is 0 Å². The molecule has 0 spiro atoms. The number of hydrogen-bond donors (Lipinski definition) is 4. The molecule has 0 saturated carbocycles. The quantitative estimate of drug-likeness (QED) is 0.199. The Morgan fingerprint density at radius 1 is 1.06 bits per heavy atom. The number of nitrogens with two attached hydrogens (primary N) is 2. The van der Waals surface area contributed by atoms with E-state index in [4.69, 9.17) is 25.7 Å². The molecule has 0 saturated heterocycles. The maximum Gasteiger partial charge on any atom is 0.222 e. The van der Waals surface area contributed by atoms with Crippen LogP contribution in [0.2, 0.25) is 0 Å². The number of aliphatic hydroxyl groups excluding tert-OH is 1. The van der Waals surface area contributed by atoms with Crippen molar-refractivity contribution in [2.45, 2.75) is 78.4 Å². The van der Waals surface area contributed by atoms with Crippen LogP contribution < -0.4 is 26.3 Å². The van der Waals surface area contributed by atoms with E-state index < -0.39 is 12.1 Å². The lowest BCUT2D eigenvalue weighted by Crippen LogP contribution is -2.41. The molecule has 0 aliphatic heterocycles. The van der Waals surface area contributed by atoms with Gasteiger partial charge in [0.2, 0.25) is 5.91 Å². The molecule has 8 nitrogen and oxygen atoms in total. The molecule has 208 valence electrons. The molecule has 1 amide bonds. The average molecular weight is 510 g/mol. The number of hydrogen-bond acceptors (Lipinski definition) is 7. The third-order valence-corrected chi connectivity index (χ3v) is 6.52. The number of carbonyl (C=O) groups excluding carboxylic acids is 1. The number of ether oxygens (including phenoxy) is 3. The summed E-state index contributed by atoms with van der Waals surface area (Å²) in [6, 6.07) is 5.61. The summed E-state index contributed by atoms with van der Waals surface area (Å²) in [7, 11) is 1.67. The SMILES string of the molecule is CCCCNC(=O)[C@H](C)C[C@H](O)[C@@H](N)C[C@H](Cc1ccc(OCCN)c(OCCCOC)c1)C(C)C. The number of rotatable bonds is 20. The summed E-state index contributed by atoms with van der Waals surface area (Å²) in [5, 5.41) is 13.7. The number of unbranched alkanes of at least 4 members (excludes halogenated alkanes) is 1. The number of carbonyl (C=O) groups is 1. The van der Waals surface area contributed by atoms with Crippen LogP contribution >= 0.6 is 0 Å². The lowest BCUT2D eigenvalue weighted by atomic mass is 9.82. The van der Waals surface area contributed by atoms with E-state index in [1.165, 1.54) is 0 Å². The fraction of sp³-hybridized carbons (Fsp3) is 0.750. The smallest absolute Gasteiger partial charge is 0.222 e. The second-order valence-electron chi connectivity index (χ2n) is 10.1. The van der Waals surface area contributed by atoms with Gasteiger partial charge in [-0.2, -0.15) is 0 Å². The summed E-state index contributed by atoms with van der Waals surface area (Å²) in [4.78, 5) is 12.3. The first kappa shape index (κ1) is 32.2. The Morgan fingerprint density at radius 2 is 1.78 bits per heavy atom. The Kier molecular flexibility index (Phi) is 16.4. The van der Waals surface area contributed by atoms with Crippen molar-refractivity contribution < 1.29 is 24.1 Å². The third-order valence-electron chi connectivity index (χ3n) is 6.52. The second kappa shape index (κ2) is 18.4. The Hall–Kier alpha value is -1.87. The zero-order chi connectivity index (χ0) is 26.9. The fourth-order valence-electron chi connectivity index (χ4n) is 4.07. The maximum atomic E-state index is 12.3.